The zero-order valence-electron chi connectivity index (χ0n) is 18.8. The molecule has 2 fully saturated rings. The van der Waals surface area contributed by atoms with Crippen LogP contribution in [0, 0.1) is 17.3 Å². The van der Waals surface area contributed by atoms with Crippen molar-refractivity contribution in [2.45, 2.75) is 51.3 Å². The third kappa shape index (κ3) is 5.86. The number of likely N-dealkylation sites (tertiary alicyclic amines) is 1. The number of nitrogens with zero attached hydrogens (tertiary/aromatic N) is 2. The van der Waals surface area contributed by atoms with Crippen molar-refractivity contribution >= 4 is 21.8 Å². The third-order valence-electron chi connectivity index (χ3n) is 6.31. The summed E-state index contributed by atoms with van der Waals surface area (Å²) in [6.07, 6.45) is 2.87. The normalized spacial score (nSPS) is 19.9. The number of rotatable bonds is 5. The van der Waals surface area contributed by atoms with E-state index in [4.69, 9.17) is 0 Å². The topological polar surface area (TPSA) is 86.8 Å². The summed E-state index contributed by atoms with van der Waals surface area (Å²) in [4.78, 5) is 27.2. The van der Waals surface area contributed by atoms with Gasteiger partial charge in [0.2, 0.25) is 21.8 Å². The van der Waals surface area contributed by atoms with Crippen LogP contribution in [0.25, 0.3) is 0 Å². The summed E-state index contributed by atoms with van der Waals surface area (Å²) in [5.74, 6) is 0.432. The van der Waals surface area contributed by atoms with E-state index in [1.54, 1.807) is 34.6 Å². The molecular weight excluding hydrogens is 414 g/mol. The van der Waals surface area contributed by atoms with E-state index in [0.29, 0.717) is 50.5 Å². The fourth-order valence-corrected chi connectivity index (χ4v) is 5.79. The van der Waals surface area contributed by atoms with Crippen LogP contribution in [-0.4, -0.2) is 62.2 Å². The Morgan fingerprint density at radius 2 is 1.55 bits per heavy atom. The van der Waals surface area contributed by atoms with Crippen LogP contribution in [0.3, 0.4) is 0 Å². The number of sulfonamides is 1. The van der Waals surface area contributed by atoms with Crippen molar-refractivity contribution in [3.8, 4) is 0 Å². The number of amides is 2. The molecule has 2 aliphatic heterocycles. The standard InChI is InChI=1S/C23H35N3O4S/c1-23(2,3)22(28)25-13-11-19(12-14-25)21(27)24-17-18-9-15-26(16-10-18)31(29,30)20-7-5-4-6-8-20/h4-8,18-19H,9-17H2,1-3H3,(H,24,27). The maximum absolute atomic E-state index is 12.7. The zero-order valence-corrected chi connectivity index (χ0v) is 19.7. The van der Waals surface area contributed by atoms with Crippen molar-refractivity contribution in [3.05, 3.63) is 30.3 Å². The van der Waals surface area contributed by atoms with Gasteiger partial charge in [-0.25, -0.2) is 8.42 Å². The molecule has 0 unspecified atom stereocenters. The Hall–Kier alpha value is -1.93. The number of carbonyl (C=O) groups is 2. The molecule has 31 heavy (non-hydrogen) atoms. The predicted molar refractivity (Wildman–Crippen MR) is 120 cm³/mol. The largest absolute Gasteiger partial charge is 0.356 e. The van der Waals surface area contributed by atoms with Gasteiger partial charge < -0.3 is 10.2 Å². The Bertz CT molecular complexity index is 864. The van der Waals surface area contributed by atoms with Gasteiger partial charge in [-0.05, 0) is 43.7 Å². The molecule has 0 saturated carbocycles. The molecule has 7 nitrogen and oxygen atoms in total. The SMILES string of the molecule is CC(C)(C)C(=O)N1CCC(C(=O)NCC2CCN(S(=O)(=O)c3ccccc3)CC2)CC1. The highest BCUT2D eigenvalue weighted by molar-refractivity contribution is 7.89. The summed E-state index contributed by atoms with van der Waals surface area (Å²) >= 11 is 0. The molecule has 3 rings (SSSR count). The van der Waals surface area contributed by atoms with Gasteiger partial charge in [0.05, 0.1) is 4.90 Å². The molecule has 2 heterocycles. The average Bonchev–Trinajstić information content (AvgIpc) is 2.77. The van der Waals surface area contributed by atoms with Crippen LogP contribution < -0.4 is 5.32 Å². The van der Waals surface area contributed by atoms with Gasteiger partial charge in [-0.2, -0.15) is 4.31 Å². The molecule has 2 saturated heterocycles. The number of hydrogen-bond acceptors (Lipinski definition) is 4. The maximum atomic E-state index is 12.7. The highest BCUT2D eigenvalue weighted by Gasteiger charge is 2.33. The van der Waals surface area contributed by atoms with Crippen LogP contribution in [0.4, 0.5) is 0 Å². The summed E-state index contributed by atoms with van der Waals surface area (Å²) < 4.78 is 27.0. The minimum Gasteiger partial charge on any atom is -0.356 e. The van der Waals surface area contributed by atoms with Crippen LogP contribution in [-0.2, 0) is 19.6 Å². The molecule has 0 aromatic heterocycles. The van der Waals surface area contributed by atoms with E-state index >= 15 is 0 Å². The Balaban J connectivity index is 1.41. The lowest BCUT2D eigenvalue weighted by Crippen LogP contribution is -2.47. The molecule has 0 aliphatic carbocycles. The smallest absolute Gasteiger partial charge is 0.243 e. The summed E-state index contributed by atoms with van der Waals surface area (Å²) in [5, 5.41) is 3.07. The zero-order chi connectivity index (χ0) is 22.6. The first-order chi connectivity index (χ1) is 14.6. The first kappa shape index (κ1) is 23.7. The van der Waals surface area contributed by atoms with E-state index in [2.05, 4.69) is 5.32 Å². The molecule has 0 atom stereocenters. The lowest BCUT2D eigenvalue weighted by Gasteiger charge is -2.35. The summed E-state index contributed by atoms with van der Waals surface area (Å²) in [7, 11) is -3.44. The van der Waals surface area contributed by atoms with Gasteiger partial charge in [0.15, 0.2) is 0 Å². The van der Waals surface area contributed by atoms with E-state index in [9.17, 15) is 18.0 Å². The van der Waals surface area contributed by atoms with E-state index in [-0.39, 0.29) is 23.7 Å². The minimum atomic E-state index is -3.44. The molecule has 2 amide bonds. The number of benzene rings is 1. The van der Waals surface area contributed by atoms with Crippen molar-refractivity contribution in [2.24, 2.45) is 17.3 Å². The van der Waals surface area contributed by atoms with E-state index in [1.165, 1.54) is 0 Å². The average molecular weight is 450 g/mol. The van der Waals surface area contributed by atoms with Crippen LogP contribution in [0.15, 0.2) is 35.2 Å². The van der Waals surface area contributed by atoms with Gasteiger partial charge in [-0.15, -0.1) is 0 Å². The molecule has 1 N–H and O–H groups in total. The van der Waals surface area contributed by atoms with E-state index in [1.807, 2.05) is 25.7 Å². The van der Waals surface area contributed by atoms with E-state index in [0.717, 1.165) is 12.8 Å². The quantitative estimate of drug-likeness (QED) is 0.748. The van der Waals surface area contributed by atoms with Crippen LogP contribution in [0.5, 0.6) is 0 Å². The second-order valence-corrected chi connectivity index (χ2v) is 11.7. The number of hydrogen-bond donors (Lipinski definition) is 1. The number of nitrogens with one attached hydrogen (secondary N) is 1. The van der Waals surface area contributed by atoms with Gasteiger partial charge in [-0.3, -0.25) is 9.59 Å². The maximum Gasteiger partial charge on any atom is 0.243 e. The van der Waals surface area contributed by atoms with Crippen LogP contribution >= 0.6 is 0 Å². The Morgan fingerprint density at radius 1 is 0.968 bits per heavy atom. The summed E-state index contributed by atoms with van der Waals surface area (Å²) in [5.41, 5.74) is -0.391. The highest BCUT2D eigenvalue weighted by Crippen LogP contribution is 2.25. The first-order valence-electron chi connectivity index (χ1n) is 11.2. The van der Waals surface area contributed by atoms with Gasteiger partial charge in [0, 0.05) is 44.1 Å². The fourth-order valence-electron chi connectivity index (χ4n) is 4.30. The second kappa shape index (κ2) is 9.69. The Morgan fingerprint density at radius 3 is 2.10 bits per heavy atom. The van der Waals surface area contributed by atoms with Gasteiger partial charge in [0.1, 0.15) is 0 Å². The Kier molecular flexibility index (Phi) is 7.42. The third-order valence-corrected chi connectivity index (χ3v) is 8.23. The van der Waals surface area contributed by atoms with Gasteiger partial charge in [0.25, 0.3) is 0 Å². The lowest BCUT2D eigenvalue weighted by atomic mass is 9.90. The second-order valence-electron chi connectivity index (χ2n) is 9.72. The molecule has 172 valence electrons. The molecule has 8 heteroatoms. The van der Waals surface area contributed by atoms with Crippen molar-refractivity contribution in [1.29, 1.82) is 0 Å². The minimum absolute atomic E-state index is 0.0532. The molecule has 2 aliphatic rings. The molecular formula is C23H35N3O4S. The lowest BCUT2D eigenvalue weighted by molar-refractivity contribution is -0.142. The van der Waals surface area contributed by atoms with Crippen molar-refractivity contribution in [2.75, 3.05) is 32.7 Å². The Labute approximate surface area is 186 Å². The van der Waals surface area contributed by atoms with Crippen LogP contribution in [0.2, 0.25) is 0 Å². The molecule has 0 bridgehead atoms. The molecule has 0 radical (unpaired) electrons. The first-order valence-corrected chi connectivity index (χ1v) is 12.7. The fraction of sp³-hybridized carbons (Fsp3) is 0.652. The predicted octanol–water partition coefficient (Wildman–Crippen LogP) is 2.49. The van der Waals surface area contributed by atoms with Crippen molar-refractivity contribution in [3.63, 3.8) is 0 Å². The van der Waals surface area contributed by atoms with Crippen molar-refractivity contribution < 1.29 is 18.0 Å². The van der Waals surface area contributed by atoms with Gasteiger partial charge in [-0.1, -0.05) is 39.0 Å². The monoisotopic (exact) mass is 449 g/mol. The molecule has 1 aromatic rings. The molecule has 0 spiro atoms. The van der Waals surface area contributed by atoms with Crippen LogP contribution in [0.1, 0.15) is 46.5 Å². The van der Waals surface area contributed by atoms with Gasteiger partial charge >= 0.3 is 0 Å². The number of piperidine rings is 2. The summed E-state index contributed by atoms with van der Waals surface area (Å²) in [6, 6.07) is 8.53. The number of carbonyl (C=O) groups excluding carboxylic acids is 2. The highest BCUT2D eigenvalue weighted by atomic mass is 32.2. The van der Waals surface area contributed by atoms with E-state index < -0.39 is 15.4 Å². The van der Waals surface area contributed by atoms with Crippen molar-refractivity contribution in [1.82, 2.24) is 14.5 Å². The summed E-state index contributed by atoms with van der Waals surface area (Å²) in [6.45, 7) is 8.56. The molecule has 1 aromatic carbocycles.